The van der Waals surface area contributed by atoms with Gasteiger partial charge in [-0.05, 0) is 42.8 Å². The van der Waals surface area contributed by atoms with Crippen molar-refractivity contribution in [2.24, 2.45) is 0 Å². The summed E-state index contributed by atoms with van der Waals surface area (Å²) in [5, 5.41) is 10.4. The van der Waals surface area contributed by atoms with Crippen molar-refractivity contribution in [3.05, 3.63) is 57.8 Å². The van der Waals surface area contributed by atoms with Crippen molar-refractivity contribution in [1.82, 2.24) is 9.38 Å². The Morgan fingerprint density at radius 2 is 2.00 bits per heavy atom. The number of benzene rings is 1. The highest BCUT2D eigenvalue weighted by molar-refractivity contribution is 6.36. The van der Waals surface area contributed by atoms with E-state index in [4.69, 9.17) is 23.2 Å². The molecule has 3 aromatic rings. The lowest BCUT2D eigenvalue weighted by atomic mass is 10.1. The maximum absolute atomic E-state index is 9.19. The molecule has 0 atom stereocenters. The summed E-state index contributed by atoms with van der Waals surface area (Å²) in [4.78, 5) is 4.61. The van der Waals surface area contributed by atoms with Crippen molar-refractivity contribution >= 4 is 28.8 Å². The summed E-state index contributed by atoms with van der Waals surface area (Å²) in [6.07, 6.45) is 1.90. The van der Waals surface area contributed by atoms with E-state index in [9.17, 15) is 5.11 Å². The van der Waals surface area contributed by atoms with Crippen LogP contribution in [-0.2, 0) is 6.61 Å². The fraction of sp³-hybridized carbons (Fsp3) is 0.133. The zero-order chi connectivity index (χ0) is 14.3. The van der Waals surface area contributed by atoms with Crippen LogP contribution in [0.1, 0.15) is 11.3 Å². The van der Waals surface area contributed by atoms with Crippen LogP contribution < -0.4 is 0 Å². The normalized spacial score (nSPS) is 11.2. The van der Waals surface area contributed by atoms with Gasteiger partial charge in [-0.25, -0.2) is 4.98 Å². The van der Waals surface area contributed by atoms with E-state index in [0.717, 1.165) is 28.2 Å². The third kappa shape index (κ3) is 2.18. The molecule has 0 aliphatic carbocycles. The molecule has 0 amide bonds. The minimum Gasteiger partial charge on any atom is -0.392 e. The van der Waals surface area contributed by atoms with Crippen molar-refractivity contribution in [2.75, 3.05) is 0 Å². The van der Waals surface area contributed by atoms with Gasteiger partial charge in [-0.3, -0.25) is 0 Å². The summed E-state index contributed by atoms with van der Waals surface area (Å²) in [5.41, 5.74) is 4.28. The van der Waals surface area contributed by atoms with E-state index in [1.54, 1.807) is 12.1 Å². The summed E-state index contributed by atoms with van der Waals surface area (Å²) in [6.45, 7) is 1.98. The predicted octanol–water partition coefficient (Wildman–Crippen LogP) is 4.11. The molecule has 0 unspecified atom stereocenters. The first-order valence-electron chi connectivity index (χ1n) is 6.14. The van der Waals surface area contributed by atoms with Gasteiger partial charge in [0.2, 0.25) is 0 Å². The van der Waals surface area contributed by atoms with E-state index < -0.39 is 0 Å². The molecule has 0 aliphatic heterocycles. The molecule has 0 spiro atoms. The molecule has 0 aliphatic rings. The van der Waals surface area contributed by atoms with Crippen LogP contribution >= 0.6 is 23.2 Å². The average Bonchev–Trinajstić information content (AvgIpc) is 2.75. The summed E-state index contributed by atoms with van der Waals surface area (Å²) < 4.78 is 1.97. The Morgan fingerprint density at radius 3 is 2.70 bits per heavy atom. The maximum atomic E-state index is 9.19. The topological polar surface area (TPSA) is 37.5 Å². The fourth-order valence-electron chi connectivity index (χ4n) is 2.24. The van der Waals surface area contributed by atoms with E-state index in [1.165, 1.54) is 0 Å². The molecule has 2 heterocycles. The van der Waals surface area contributed by atoms with Crippen molar-refractivity contribution < 1.29 is 5.11 Å². The zero-order valence-electron chi connectivity index (χ0n) is 10.8. The van der Waals surface area contributed by atoms with Crippen LogP contribution in [0.4, 0.5) is 0 Å². The largest absolute Gasteiger partial charge is 0.392 e. The maximum Gasteiger partial charge on any atom is 0.138 e. The first kappa shape index (κ1) is 13.4. The highest BCUT2D eigenvalue weighted by atomic mass is 35.5. The first-order chi connectivity index (χ1) is 9.60. The van der Waals surface area contributed by atoms with Crippen LogP contribution in [0.3, 0.4) is 0 Å². The van der Waals surface area contributed by atoms with Gasteiger partial charge in [0.05, 0.1) is 17.3 Å². The second kappa shape index (κ2) is 5.09. The van der Waals surface area contributed by atoms with Crippen molar-refractivity contribution in [3.8, 4) is 11.3 Å². The van der Waals surface area contributed by atoms with E-state index in [-0.39, 0.29) is 6.61 Å². The number of hydrogen-bond acceptors (Lipinski definition) is 2. The lowest BCUT2D eigenvalue weighted by molar-refractivity contribution is 0.282. The van der Waals surface area contributed by atoms with E-state index in [1.807, 2.05) is 35.7 Å². The minimum absolute atomic E-state index is 0.000554. The van der Waals surface area contributed by atoms with Crippen molar-refractivity contribution in [1.29, 1.82) is 0 Å². The van der Waals surface area contributed by atoms with Gasteiger partial charge in [-0.1, -0.05) is 23.2 Å². The summed E-state index contributed by atoms with van der Waals surface area (Å²) in [5.74, 6) is 0. The molecule has 3 nitrogen and oxygen atoms in total. The molecule has 102 valence electrons. The van der Waals surface area contributed by atoms with Crippen LogP contribution in [0.5, 0.6) is 0 Å². The third-order valence-corrected chi connectivity index (χ3v) is 3.85. The Morgan fingerprint density at radius 1 is 1.20 bits per heavy atom. The van der Waals surface area contributed by atoms with Crippen LogP contribution in [0.15, 0.2) is 36.5 Å². The Bertz CT molecular complexity index is 796. The number of halogens is 2. The molecule has 20 heavy (non-hydrogen) atoms. The van der Waals surface area contributed by atoms with Gasteiger partial charge in [0.25, 0.3) is 0 Å². The number of rotatable bonds is 2. The smallest absolute Gasteiger partial charge is 0.138 e. The predicted molar refractivity (Wildman–Crippen MR) is 81.3 cm³/mol. The number of fused-ring (bicyclic) bond motifs is 1. The van der Waals surface area contributed by atoms with E-state index >= 15 is 0 Å². The van der Waals surface area contributed by atoms with Gasteiger partial charge in [-0.2, -0.15) is 0 Å². The molecule has 0 fully saturated rings. The van der Waals surface area contributed by atoms with Gasteiger partial charge >= 0.3 is 0 Å². The van der Waals surface area contributed by atoms with Crippen LogP contribution in [0.2, 0.25) is 10.0 Å². The standard InChI is InChI=1S/C15H12Cl2N2O/c1-9-15(12-3-2-11(16)7-13(12)17)18-14-6-10(8-20)4-5-19(9)14/h2-7,20H,8H2,1H3. The second-order valence-corrected chi connectivity index (χ2v) is 5.43. The Labute approximate surface area is 126 Å². The van der Waals surface area contributed by atoms with Gasteiger partial charge in [0.1, 0.15) is 5.65 Å². The SMILES string of the molecule is Cc1c(-c2ccc(Cl)cc2Cl)nc2cc(CO)ccn12. The lowest BCUT2D eigenvalue weighted by Crippen LogP contribution is -1.90. The van der Waals surface area contributed by atoms with Gasteiger partial charge in [0.15, 0.2) is 0 Å². The zero-order valence-corrected chi connectivity index (χ0v) is 12.3. The number of aliphatic hydroxyl groups is 1. The number of pyridine rings is 1. The number of aryl methyl sites for hydroxylation is 1. The second-order valence-electron chi connectivity index (χ2n) is 4.59. The van der Waals surface area contributed by atoms with Crippen LogP contribution in [0.25, 0.3) is 16.9 Å². The fourth-order valence-corrected chi connectivity index (χ4v) is 2.74. The number of imidazole rings is 1. The number of aliphatic hydroxyl groups excluding tert-OH is 1. The lowest BCUT2D eigenvalue weighted by Gasteiger charge is -2.03. The van der Waals surface area contributed by atoms with Gasteiger partial charge in [-0.15, -0.1) is 0 Å². The molecule has 0 saturated carbocycles. The summed E-state index contributed by atoms with van der Waals surface area (Å²) >= 11 is 12.2. The molecule has 2 aromatic heterocycles. The highest BCUT2D eigenvalue weighted by Gasteiger charge is 2.13. The Balaban J connectivity index is 2.23. The molecule has 0 bridgehead atoms. The number of aromatic nitrogens is 2. The number of hydrogen-bond donors (Lipinski definition) is 1. The summed E-state index contributed by atoms with van der Waals surface area (Å²) in [6, 6.07) is 9.11. The van der Waals surface area contributed by atoms with Crippen LogP contribution in [0, 0.1) is 6.92 Å². The molecule has 3 rings (SSSR count). The van der Waals surface area contributed by atoms with Gasteiger partial charge < -0.3 is 9.51 Å². The molecule has 1 aromatic carbocycles. The van der Waals surface area contributed by atoms with Gasteiger partial charge in [0, 0.05) is 22.5 Å². The monoisotopic (exact) mass is 306 g/mol. The Hall–Kier alpha value is -1.55. The molecule has 0 radical (unpaired) electrons. The van der Waals surface area contributed by atoms with Crippen molar-refractivity contribution in [2.45, 2.75) is 13.5 Å². The van der Waals surface area contributed by atoms with Crippen molar-refractivity contribution in [3.63, 3.8) is 0 Å². The average molecular weight is 307 g/mol. The Kier molecular flexibility index (Phi) is 3.42. The molecular formula is C15H12Cl2N2O. The first-order valence-corrected chi connectivity index (χ1v) is 6.89. The number of nitrogens with zero attached hydrogens (tertiary/aromatic N) is 2. The molecule has 5 heteroatoms. The molecular weight excluding hydrogens is 295 g/mol. The third-order valence-electron chi connectivity index (χ3n) is 3.30. The molecule has 1 N–H and O–H groups in total. The minimum atomic E-state index is -0.000554. The van der Waals surface area contributed by atoms with E-state index in [2.05, 4.69) is 4.98 Å². The quantitative estimate of drug-likeness (QED) is 0.773. The van der Waals surface area contributed by atoms with Crippen LogP contribution in [-0.4, -0.2) is 14.5 Å². The molecule has 0 saturated heterocycles. The van der Waals surface area contributed by atoms with E-state index in [0.29, 0.717) is 10.0 Å². The summed E-state index contributed by atoms with van der Waals surface area (Å²) in [7, 11) is 0. The highest BCUT2D eigenvalue weighted by Crippen LogP contribution is 2.32.